The molecule has 0 spiro atoms. The second kappa shape index (κ2) is 16.0. The summed E-state index contributed by atoms with van der Waals surface area (Å²) in [7, 11) is 1.57. The number of likely N-dealkylation sites (N-methyl/N-ethyl adjacent to an activating group) is 1. The van der Waals surface area contributed by atoms with Crippen molar-refractivity contribution in [2.24, 2.45) is 23.2 Å². The SMILES string of the molecule is CNC[C@H](O)[C@@H](O)[C@H](O)[C@H](O)CO.Cc1ccccc1-c1cc(C(=O)Nc2cccc(C(=O)O)c2)c(CCC23CC4CC(CC(C4)C2)C3)[nH]1. The fraction of sp³-hybridized carbons (Fsp3) is 0.526. The van der Waals surface area contributed by atoms with Crippen LogP contribution in [0.25, 0.3) is 11.3 Å². The van der Waals surface area contributed by atoms with Crippen LogP contribution >= 0.6 is 0 Å². The number of nitrogens with one attached hydrogen (secondary N) is 3. The zero-order chi connectivity index (χ0) is 35.3. The van der Waals surface area contributed by atoms with Gasteiger partial charge in [0, 0.05) is 29.2 Å². The standard InChI is InChI=1S/C31H34N2O3.C7H17NO5/c1-19-5-2-3-8-25(19)28-15-26(29(34)32-24-7-4-6-23(14-24)30(35)36)27(33-28)9-10-31-16-20-11-21(17-31)13-22(12-20)18-31;1-8-2-4(10)6(12)7(13)5(11)3-9/h2-8,14-15,20-22,33H,9-13,16-18H2,1H3,(H,32,34)(H,35,36);4-13H,2-3H2,1H3/t;4-,5+,6+,7+/m.0/s1. The van der Waals surface area contributed by atoms with E-state index < -0.39 is 37.0 Å². The summed E-state index contributed by atoms with van der Waals surface area (Å²) in [5.41, 5.74) is 5.93. The van der Waals surface area contributed by atoms with E-state index in [1.165, 1.54) is 50.7 Å². The van der Waals surface area contributed by atoms with Gasteiger partial charge in [-0.3, -0.25) is 4.79 Å². The first-order valence-electron chi connectivity index (χ1n) is 17.3. The highest BCUT2D eigenvalue weighted by Crippen LogP contribution is 2.61. The average Bonchev–Trinajstić information content (AvgIpc) is 3.51. The van der Waals surface area contributed by atoms with Gasteiger partial charge in [0.1, 0.15) is 18.3 Å². The fourth-order valence-corrected chi connectivity index (χ4v) is 8.73. The lowest BCUT2D eigenvalue weighted by Gasteiger charge is -2.57. The van der Waals surface area contributed by atoms with E-state index in [0.717, 1.165) is 53.1 Å². The molecule has 1 aromatic heterocycles. The molecule has 266 valence electrons. The molecule has 4 saturated carbocycles. The molecule has 49 heavy (non-hydrogen) atoms. The molecule has 7 rings (SSSR count). The summed E-state index contributed by atoms with van der Waals surface area (Å²) in [4.78, 5) is 28.5. The Labute approximate surface area is 287 Å². The number of amides is 1. The van der Waals surface area contributed by atoms with E-state index in [1.54, 1.807) is 19.2 Å². The fourth-order valence-electron chi connectivity index (χ4n) is 8.73. The number of hydrogen-bond acceptors (Lipinski definition) is 8. The van der Waals surface area contributed by atoms with Crippen LogP contribution in [0.2, 0.25) is 0 Å². The molecule has 4 fully saturated rings. The quantitative estimate of drug-likeness (QED) is 0.130. The normalized spacial score (nSPS) is 24.8. The van der Waals surface area contributed by atoms with Crippen LogP contribution in [0.15, 0.2) is 54.6 Å². The van der Waals surface area contributed by atoms with Crippen LogP contribution in [-0.2, 0) is 6.42 Å². The number of aromatic amines is 1. The van der Waals surface area contributed by atoms with E-state index >= 15 is 0 Å². The summed E-state index contributed by atoms with van der Waals surface area (Å²) in [5, 5.41) is 59.7. The van der Waals surface area contributed by atoms with Gasteiger partial charge in [0.2, 0.25) is 0 Å². The van der Waals surface area contributed by atoms with Crippen molar-refractivity contribution in [1.82, 2.24) is 10.3 Å². The largest absolute Gasteiger partial charge is 0.478 e. The molecule has 9 N–H and O–H groups in total. The Balaban J connectivity index is 0.000000308. The number of benzene rings is 2. The summed E-state index contributed by atoms with van der Waals surface area (Å²) in [5.74, 6) is 1.52. The van der Waals surface area contributed by atoms with Gasteiger partial charge in [-0.25, -0.2) is 4.79 Å². The molecule has 1 amide bonds. The Morgan fingerprint density at radius 1 is 0.898 bits per heavy atom. The van der Waals surface area contributed by atoms with Crippen LogP contribution in [0, 0.1) is 30.1 Å². The van der Waals surface area contributed by atoms with Crippen molar-refractivity contribution in [3.05, 3.63) is 77.0 Å². The van der Waals surface area contributed by atoms with Gasteiger partial charge in [-0.1, -0.05) is 30.3 Å². The zero-order valence-electron chi connectivity index (χ0n) is 28.3. The number of carbonyl (C=O) groups is 2. The molecule has 11 heteroatoms. The monoisotopic (exact) mass is 677 g/mol. The minimum Gasteiger partial charge on any atom is -0.478 e. The number of aromatic nitrogens is 1. The Kier molecular flexibility index (Phi) is 12.0. The van der Waals surface area contributed by atoms with Gasteiger partial charge in [0.05, 0.1) is 23.8 Å². The molecular weight excluding hydrogens is 626 g/mol. The van der Waals surface area contributed by atoms with Gasteiger partial charge in [0.25, 0.3) is 5.91 Å². The van der Waals surface area contributed by atoms with Crippen molar-refractivity contribution >= 4 is 17.6 Å². The van der Waals surface area contributed by atoms with Gasteiger partial charge < -0.3 is 46.3 Å². The van der Waals surface area contributed by atoms with Crippen LogP contribution in [0.4, 0.5) is 5.69 Å². The van der Waals surface area contributed by atoms with Crippen LogP contribution in [0.3, 0.4) is 0 Å². The molecule has 4 atom stereocenters. The van der Waals surface area contributed by atoms with Gasteiger partial charge in [-0.05, 0) is 118 Å². The highest BCUT2D eigenvalue weighted by molar-refractivity contribution is 6.06. The summed E-state index contributed by atoms with van der Waals surface area (Å²) >= 11 is 0. The van der Waals surface area contributed by atoms with Crippen LogP contribution in [0.5, 0.6) is 0 Å². The lowest BCUT2D eigenvalue weighted by atomic mass is 9.48. The number of carboxylic acid groups (broad SMARTS) is 1. The number of aliphatic hydroxyl groups excluding tert-OH is 5. The highest BCUT2D eigenvalue weighted by Gasteiger charge is 2.50. The zero-order valence-corrected chi connectivity index (χ0v) is 28.3. The van der Waals surface area contributed by atoms with Crippen molar-refractivity contribution in [2.75, 3.05) is 25.5 Å². The average molecular weight is 678 g/mol. The molecule has 0 unspecified atom stereocenters. The predicted molar refractivity (Wildman–Crippen MR) is 186 cm³/mol. The molecule has 2 aromatic carbocycles. The van der Waals surface area contributed by atoms with Crippen molar-refractivity contribution in [3.8, 4) is 11.3 Å². The van der Waals surface area contributed by atoms with Gasteiger partial charge in [-0.15, -0.1) is 0 Å². The number of carbonyl (C=O) groups excluding carboxylic acids is 1. The summed E-state index contributed by atoms with van der Waals surface area (Å²) in [6, 6.07) is 16.6. The summed E-state index contributed by atoms with van der Waals surface area (Å²) < 4.78 is 0. The number of carboxylic acids is 1. The number of hydrogen-bond donors (Lipinski definition) is 9. The Morgan fingerprint density at radius 2 is 1.53 bits per heavy atom. The molecular formula is C38H51N3O8. The summed E-state index contributed by atoms with van der Waals surface area (Å²) in [6.07, 6.45) is 4.70. The molecule has 4 aliphatic rings. The molecule has 1 heterocycles. The third kappa shape index (κ3) is 8.78. The van der Waals surface area contributed by atoms with Crippen molar-refractivity contribution in [2.45, 2.75) is 82.7 Å². The number of aromatic carboxylic acids is 1. The Bertz CT molecular complexity index is 1550. The van der Waals surface area contributed by atoms with Gasteiger partial charge in [-0.2, -0.15) is 0 Å². The number of aliphatic hydroxyl groups is 5. The molecule has 3 aromatic rings. The molecule has 4 aliphatic carbocycles. The lowest BCUT2D eigenvalue weighted by molar-refractivity contribution is -0.113. The Morgan fingerprint density at radius 3 is 2.12 bits per heavy atom. The second-order valence-electron chi connectivity index (χ2n) is 14.5. The number of rotatable bonds is 13. The van der Waals surface area contributed by atoms with E-state index in [9.17, 15) is 19.8 Å². The van der Waals surface area contributed by atoms with E-state index in [0.29, 0.717) is 16.7 Å². The topological polar surface area (TPSA) is 195 Å². The molecule has 11 nitrogen and oxygen atoms in total. The van der Waals surface area contributed by atoms with Gasteiger partial charge >= 0.3 is 5.97 Å². The van der Waals surface area contributed by atoms with Crippen molar-refractivity contribution in [3.63, 3.8) is 0 Å². The van der Waals surface area contributed by atoms with Crippen LogP contribution in [-0.4, -0.2) is 92.1 Å². The van der Waals surface area contributed by atoms with Crippen molar-refractivity contribution in [1.29, 1.82) is 0 Å². The maximum absolute atomic E-state index is 13.5. The number of aryl methyl sites for hydroxylation is 2. The number of H-pyrrole nitrogens is 1. The first kappa shape index (κ1) is 36.7. The maximum atomic E-state index is 13.5. The molecule has 0 radical (unpaired) electrons. The maximum Gasteiger partial charge on any atom is 0.335 e. The van der Waals surface area contributed by atoms with E-state index in [4.69, 9.17) is 20.4 Å². The predicted octanol–water partition coefficient (Wildman–Crippen LogP) is 3.73. The highest BCUT2D eigenvalue weighted by atomic mass is 16.4. The van der Waals surface area contributed by atoms with E-state index in [-0.39, 0.29) is 18.0 Å². The van der Waals surface area contributed by atoms with Crippen molar-refractivity contribution < 1.29 is 40.2 Å². The first-order chi connectivity index (χ1) is 23.4. The van der Waals surface area contributed by atoms with Gasteiger partial charge in [0.15, 0.2) is 0 Å². The summed E-state index contributed by atoms with van der Waals surface area (Å²) in [6.45, 7) is 1.52. The molecule has 0 aliphatic heterocycles. The third-order valence-electron chi connectivity index (χ3n) is 10.8. The lowest BCUT2D eigenvalue weighted by Crippen LogP contribution is -2.48. The smallest absolute Gasteiger partial charge is 0.335 e. The third-order valence-corrected chi connectivity index (χ3v) is 10.8. The van der Waals surface area contributed by atoms with Crippen LogP contribution < -0.4 is 10.6 Å². The van der Waals surface area contributed by atoms with Crippen LogP contribution in [0.1, 0.15) is 76.9 Å². The minimum atomic E-state index is -1.55. The molecule has 4 bridgehead atoms. The molecule has 0 saturated heterocycles. The van der Waals surface area contributed by atoms with E-state index in [1.807, 2.05) is 18.2 Å². The second-order valence-corrected chi connectivity index (χ2v) is 14.5. The number of anilines is 1. The minimum absolute atomic E-state index is 0.0936. The first-order valence-corrected chi connectivity index (χ1v) is 17.3. The Hall–Kier alpha value is -3.58. The van der Waals surface area contributed by atoms with E-state index in [2.05, 4.69) is 34.7 Å².